The fraction of sp³-hybridized carbons (Fsp3) is 0.444. The number of nitrogens with two attached hydrogens (primary N) is 1. The van der Waals surface area contributed by atoms with E-state index in [-0.39, 0.29) is 6.04 Å². The van der Waals surface area contributed by atoms with E-state index in [4.69, 9.17) is 10.5 Å². The molecular formula is C9H13N3O. The fourth-order valence-corrected chi connectivity index (χ4v) is 1.47. The number of hydrogen-bond acceptors (Lipinski definition) is 4. The van der Waals surface area contributed by atoms with Gasteiger partial charge in [-0.1, -0.05) is 0 Å². The van der Waals surface area contributed by atoms with Gasteiger partial charge in [0.25, 0.3) is 0 Å². The average molecular weight is 179 g/mol. The molecule has 0 bridgehead atoms. The number of rotatable bonds is 1. The van der Waals surface area contributed by atoms with Gasteiger partial charge in [0.05, 0.1) is 19.3 Å². The molecule has 70 valence electrons. The first-order chi connectivity index (χ1) is 6.38. The maximum atomic E-state index is 5.82. The summed E-state index contributed by atoms with van der Waals surface area (Å²) in [5.41, 5.74) is 7.62. The van der Waals surface area contributed by atoms with Gasteiger partial charge in [0.2, 0.25) is 0 Å². The third-order valence-electron chi connectivity index (χ3n) is 2.18. The van der Waals surface area contributed by atoms with E-state index in [1.807, 2.05) is 6.07 Å². The highest BCUT2D eigenvalue weighted by Crippen LogP contribution is 2.20. The van der Waals surface area contributed by atoms with Crippen LogP contribution in [0.1, 0.15) is 11.6 Å². The quantitative estimate of drug-likeness (QED) is 0.652. The van der Waals surface area contributed by atoms with E-state index in [9.17, 15) is 0 Å². The Labute approximate surface area is 77.1 Å². The molecule has 0 spiro atoms. The second kappa shape index (κ2) is 3.72. The zero-order chi connectivity index (χ0) is 9.10. The summed E-state index contributed by atoms with van der Waals surface area (Å²) in [4.78, 5) is 4.05. The zero-order valence-electron chi connectivity index (χ0n) is 7.36. The molecule has 1 aliphatic rings. The molecule has 4 nitrogen and oxygen atoms in total. The molecular weight excluding hydrogens is 166 g/mol. The van der Waals surface area contributed by atoms with E-state index < -0.39 is 0 Å². The molecule has 1 saturated heterocycles. The minimum absolute atomic E-state index is 0.197. The van der Waals surface area contributed by atoms with Crippen molar-refractivity contribution in [1.29, 1.82) is 0 Å². The molecule has 0 aromatic carbocycles. The predicted octanol–water partition coefficient (Wildman–Crippen LogP) is 0.325. The lowest BCUT2D eigenvalue weighted by Crippen LogP contribution is -2.35. The molecule has 4 heteroatoms. The topological polar surface area (TPSA) is 60.2 Å². The molecule has 3 N–H and O–H groups in total. The molecule has 1 aromatic heterocycles. The number of nitrogens with zero attached hydrogens (tertiary/aromatic N) is 1. The van der Waals surface area contributed by atoms with E-state index in [1.54, 1.807) is 12.4 Å². The minimum atomic E-state index is 0.197. The number of hydrogen-bond donors (Lipinski definition) is 2. The summed E-state index contributed by atoms with van der Waals surface area (Å²) in [6, 6.07) is 2.01. The maximum absolute atomic E-state index is 5.82. The van der Waals surface area contributed by atoms with Crippen LogP contribution >= 0.6 is 0 Å². The van der Waals surface area contributed by atoms with Crippen molar-refractivity contribution in [3.05, 3.63) is 24.0 Å². The van der Waals surface area contributed by atoms with E-state index in [0.717, 1.165) is 24.4 Å². The Morgan fingerprint density at radius 3 is 3.23 bits per heavy atom. The normalized spacial score (nSPS) is 22.9. The van der Waals surface area contributed by atoms with Gasteiger partial charge in [-0.15, -0.1) is 0 Å². The van der Waals surface area contributed by atoms with Crippen LogP contribution in [0.4, 0.5) is 5.69 Å². The van der Waals surface area contributed by atoms with Crippen LogP contribution in [0.3, 0.4) is 0 Å². The van der Waals surface area contributed by atoms with Gasteiger partial charge >= 0.3 is 0 Å². The number of ether oxygens (including phenoxy) is 1. The third kappa shape index (κ3) is 1.79. The Bertz CT molecular complexity index is 284. The smallest absolute Gasteiger partial charge is 0.0663 e. The lowest BCUT2D eigenvalue weighted by atomic mass is 10.1. The summed E-state index contributed by atoms with van der Waals surface area (Å²) in [5, 5.41) is 3.33. The highest BCUT2D eigenvalue weighted by Gasteiger charge is 2.16. The first-order valence-electron chi connectivity index (χ1n) is 4.38. The Kier molecular flexibility index (Phi) is 2.42. The predicted molar refractivity (Wildman–Crippen MR) is 50.2 cm³/mol. The highest BCUT2D eigenvalue weighted by molar-refractivity contribution is 5.46. The number of pyridine rings is 1. The summed E-state index contributed by atoms with van der Waals surface area (Å²) >= 11 is 0. The molecule has 2 rings (SSSR count). The molecule has 0 radical (unpaired) electrons. The molecule has 0 aliphatic carbocycles. The lowest BCUT2D eigenvalue weighted by Gasteiger charge is -2.24. The van der Waals surface area contributed by atoms with Gasteiger partial charge in [0.1, 0.15) is 0 Å². The van der Waals surface area contributed by atoms with Gasteiger partial charge in [0.15, 0.2) is 0 Å². The van der Waals surface area contributed by atoms with E-state index in [1.165, 1.54) is 0 Å². The van der Waals surface area contributed by atoms with Crippen molar-refractivity contribution in [2.45, 2.75) is 6.04 Å². The number of nitrogens with one attached hydrogen (secondary N) is 1. The summed E-state index contributed by atoms with van der Waals surface area (Å²) in [6.45, 7) is 2.32. The largest absolute Gasteiger partial charge is 0.398 e. The summed E-state index contributed by atoms with van der Waals surface area (Å²) in [7, 11) is 0. The van der Waals surface area contributed by atoms with Gasteiger partial charge in [-0.05, 0) is 6.07 Å². The molecule has 1 atom stereocenters. The first-order valence-corrected chi connectivity index (χ1v) is 4.38. The second-order valence-corrected chi connectivity index (χ2v) is 3.09. The summed E-state index contributed by atoms with van der Waals surface area (Å²) in [5.74, 6) is 0. The van der Waals surface area contributed by atoms with Crippen LogP contribution in [0.15, 0.2) is 18.5 Å². The van der Waals surface area contributed by atoms with Crippen molar-refractivity contribution in [3.63, 3.8) is 0 Å². The van der Waals surface area contributed by atoms with Crippen molar-refractivity contribution in [2.24, 2.45) is 0 Å². The van der Waals surface area contributed by atoms with Gasteiger partial charge in [-0.25, -0.2) is 0 Å². The van der Waals surface area contributed by atoms with Crippen molar-refractivity contribution >= 4 is 5.69 Å². The van der Waals surface area contributed by atoms with Crippen LogP contribution in [0.2, 0.25) is 0 Å². The van der Waals surface area contributed by atoms with E-state index >= 15 is 0 Å². The molecule has 0 saturated carbocycles. The van der Waals surface area contributed by atoms with Gasteiger partial charge in [0, 0.05) is 30.2 Å². The van der Waals surface area contributed by atoms with Gasteiger partial charge in [-0.3, -0.25) is 4.98 Å². The van der Waals surface area contributed by atoms with E-state index in [2.05, 4.69) is 10.3 Å². The molecule has 1 aromatic rings. The van der Waals surface area contributed by atoms with Crippen molar-refractivity contribution in [1.82, 2.24) is 10.3 Å². The lowest BCUT2D eigenvalue weighted by molar-refractivity contribution is 0.0770. The Hall–Kier alpha value is -1.13. The minimum Gasteiger partial charge on any atom is -0.398 e. The number of morpholine rings is 1. The third-order valence-corrected chi connectivity index (χ3v) is 2.18. The molecule has 2 heterocycles. The Morgan fingerprint density at radius 2 is 2.54 bits per heavy atom. The number of anilines is 1. The first kappa shape index (κ1) is 8.47. The highest BCUT2D eigenvalue weighted by atomic mass is 16.5. The summed E-state index contributed by atoms with van der Waals surface area (Å²) in [6.07, 6.45) is 3.49. The van der Waals surface area contributed by atoms with Crippen molar-refractivity contribution in [2.75, 3.05) is 25.5 Å². The van der Waals surface area contributed by atoms with Gasteiger partial charge in [-0.2, -0.15) is 0 Å². The van der Waals surface area contributed by atoms with Crippen LogP contribution < -0.4 is 11.1 Å². The average Bonchev–Trinajstić information content (AvgIpc) is 2.20. The zero-order valence-corrected chi connectivity index (χ0v) is 7.36. The van der Waals surface area contributed by atoms with Crippen LogP contribution in [0.5, 0.6) is 0 Å². The second-order valence-electron chi connectivity index (χ2n) is 3.09. The van der Waals surface area contributed by atoms with Crippen LogP contribution in [-0.2, 0) is 4.74 Å². The maximum Gasteiger partial charge on any atom is 0.0663 e. The molecule has 1 fully saturated rings. The standard InChI is InChI=1S/C9H13N3O/c10-8-1-2-11-5-7(8)9-6-13-4-3-12-9/h1-2,5,9,12H,3-4,6H2,(H2,10,11). The number of aromatic nitrogens is 1. The van der Waals surface area contributed by atoms with Crippen molar-refractivity contribution in [3.8, 4) is 0 Å². The summed E-state index contributed by atoms with van der Waals surface area (Å²) < 4.78 is 5.35. The molecule has 1 aliphatic heterocycles. The Morgan fingerprint density at radius 1 is 1.62 bits per heavy atom. The Balaban J connectivity index is 2.18. The monoisotopic (exact) mass is 179 g/mol. The van der Waals surface area contributed by atoms with Crippen molar-refractivity contribution < 1.29 is 4.74 Å². The van der Waals surface area contributed by atoms with Crippen LogP contribution in [-0.4, -0.2) is 24.7 Å². The van der Waals surface area contributed by atoms with Crippen LogP contribution in [0, 0.1) is 0 Å². The molecule has 1 unspecified atom stereocenters. The molecule has 0 amide bonds. The fourth-order valence-electron chi connectivity index (χ4n) is 1.47. The molecule has 13 heavy (non-hydrogen) atoms. The van der Waals surface area contributed by atoms with Gasteiger partial charge < -0.3 is 15.8 Å². The SMILES string of the molecule is Nc1ccncc1C1COCCN1. The van der Waals surface area contributed by atoms with E-state index in [0.29, 0.717) is 6.61 Å². The van der Waals surface area contributed by atoms with Crippen LogP contribution in [0.25, 0.3) is 0 Å². The number of nitrogen functional groups attached to an aromatic ring is 1.